The number of ether oxygens (including phenoxy) is 5. The fourth-order valence-corrected chi connectivity index (χ4v) is 3.19. The number of methoxy groups -OCH3 is 1. The van der Waals surface area contributed by atoms with Gasteiger partial charge < -0.3 is 23.7 Å². The molecule has 1 saturated heterocycles. The summed E-state index contributed by atoms with van der Waals surface area (Å²) in [6.45, 7) is 2.92. The molecule has 3 rings (SSSR count). The first kappa shape index (κ1) is 23.0. The van der Waals surface area contributed by atoms with Crippen LogP contribution >= 0.6 is 0 Å². The van der Waals surface area contributed by atoms with Gasteiger partial charge in [-0.3, -0.25) is 19.0 Å². The van der Waals surface area contributed by atoms with Crippen molar-refractivity contribution in [3.8, 4) is 5.82 Å². The summed E-state index contributed by atoms with van der Waals surface area (Å²) in [5.74, 6) is -3.82. The standard InChI is InChI=1S/C18H21N5O9/c1-10(24)29-7-18(28-4)15(31-12(3)26)14(30-11(2)25)16(32-18)22-6-5-13(21-17(22)27)23-9-19-8-20-23/h5-6,8-9,14-16H,7H2,1-4H3/t14-,15+,16-,18-/m1/s1. The third-order valence-corrected chi connectivity index (χ3v) is 4.49. The van der Waals surface area contributed by atoms with Crippen LogP contribution in [0.25, 0.3) is 5.82 Å². The second-order valence-electron chi connectivity index (χ2n) is 6.72. The van der Waals surface area contributed by atoms with E-state index in [4.69, 9.17) is 23.7 Å². The summed E-state index contributed by atoms with van der Waals surface area (Å²) >= 11 is 0. The van der Waals surface area contributed by atoms with Gasteiger partial charge in [-0.15, -0.1) is 0 Å². The molecule has 14 heteroatoms. The summed E-state index contributed by atoms with van der Waals surface area (Å²) in [6.07, 6.45) is -0.0793. The van der Waals surface area contributed by atoms with Crippen molar-refractivity contribution in [2.75, 3.05) is 13.7 Å². The lowest BCUT2D eigenvalue weighted by molar-refractivity contribution is -0.275. The van der Waals surface area contributed by atoms with Crippen molar-refractivity contribution in [2.24, 2.45) is 0 Å². The molecule has 2 aromatic heterocycles. The van der Waals surface area contributed by atoms with E-state index >= 15 is 0 Å². The summed E-state index contributed by atoms with van der Waals surface area (Å²) < 4.78 is 29.3. The molecule has 1 aliphatic heterocycles. The third-order valence-electron chi connectivity index (χ3n) is 4.49. The number of hydrogen-bond acceptors (Lipinski definition) is 12. The number of aromatic nitrogens is 5. The molecule has 0 amide bonds. The maximum atomic E-state index is 12.8. The highest BCUT2D eigenvalue weighted by Gasteiger charge is 2.61. The number of carbonyl (C=O) groups excluding carboxylic acids is 3. The van der Waals surface area contributed by atoms with Crippen molar-refractivity contribution in [1.82, 2.24) is 24.3 Å². The Bertz CT molecular complexity index is 1050. The Morgan fingerprint density at radius 1 is 1.16 bits per heavy atom. The van der Waals surface area contributed by atoms with E-state index in [1.165, 1.54) is 36.7 Å². The van der Waals surface area contributed by atoms with Crippen LogP contribution in [0.3, 0.4) is 0 Å². The highest BCUT2D eigenvalue weighted by atomic mass is 16.8. The van der Waals surface area contributed by atoms with Crippen LogP contribution in [-0.4, -0.2) is 73.9 Å². The Morgan fingerprint density at radius 2 is 1.88 bits per heavy atom. The highest BCUT2D eigenvalue weighted by molar-refractivity contribution is 5.68. The molecule has 0 saturated carbocycles. The Hall–Kier alpha value is -3.65. The number of hydrogen-bond donors (Lipinski definition) is 0. The first-order valence-electron chi connectivity index (χ1n) is 9.32. The van der Waals surface area contributed by atoms with Crippen molar-refractivity contribution in [1.29, 1.82) is 0 Å². The summed E-state index contributed by atoms with van der Waals surface area (Å²) in [7, 11) is 1.22. The molecule has 1 aliphatic rings. The van der Waals surface area contributed by atoms with Crippen LogP contribution < -0.4 is 5.69 Å². The highest BCUT2D eigenvalue weighted by Crippen LogP contribution is 2.41. The van der Waals surface area contributed by atoms with Crippen molar-refractivity contribution in [3.05, 3.63) is 35.4 Å². The molecule has 14 nitrogen and oxygen atoms in total. The van der Waals surface area contributed by atoms with Crippen LogP contribution in [0.15, 0.2) is 29.7 Å². The quantitative estimate of drug-likeness (QED) is 0.378. The third kappa shape index (κ3) is 4.65. The molecule has 172 valence electrons. The van der Waals surface area contributed by atoms with Gasteiger partial charge >= 0.3 is 23.6 Å². The van der Waals surface area contributed by atoms with Crippen molar-refractivity contribution in [2.45, 2.75) is 45.0 Å². The second-order valence-corrected chi connectivity index (χ2v) is 6.72. The first-order chi connectivity index (χ1) is 15.2. The molecular weight excluding hydrogens is 430 g/mol. The van der Waals surface area contributed by atoms with E-state index in [0.29, 0.717) is 0 Å². The molecule has 0 N–H and O–H groups in total. The molecule has 3 heterocycles. The average Bonchev–Trinajstić information content (AvgIpc) is 3.35. The first-order valence-corrected chi connectivity index (χ1v) is 9.32. The minimum absolute atomic E-state index is 0.181. The molecule has 0 aliphatic carbocycles. The number of carbonyl (C=O) groups is 3. The number of esters is 3. The lowest BCUT2D eigenvalue weighted by Gasteiger charge is -2.31. The fourth-order valence-electron chi connectivity index (χ4n) is 3.19. The van der Waals surface area contributed by atoms with Crippen LogP contribution in [0.2, 0.25) is 0 Å². The Morgan fingerprint density at radius 3 is 2.41 bits per heavy atom. The van der Waals surface area contributed by atoms with Crippen LogP contribution in [0, 0.1) is 0 Å². The van der Waals surface area contributed by atoms with E-state index in [1.54, 1.807) is 0 Å². The fraction of sp³-hybridized carbons (Fsp3) is 0.500. The largest absolute Gasteiger partial charge is 0.460 e. The minimum atomic E-state index is -1.87. The zero-order valence-corrected chi connectivity index (χ0v) is 17.7. The molecule has 1 fully saturated rings. The molecule has 0 aromatic carbocycles. The van der Waals surface area contributed by atoms with Gasteiger partial charge in [-0.05, 0) is 6.07 Å². The van der Waals surface area contributed by atoms with Crippen LogP contribution in [0.4, 0.5) is 0 Å². The van der Waals surface area contributed by atoms with E-state index < -0.39 is 54.4 Å². The Labute approximate surface area is 181 Å². The van der Waals surface area contributed by atoms with Gasteiger partial charge in [0.25, 0.3) is 0 Å². The van der Waals surface area contributed by atoms with Gasteiger partial charge in [-0.25, -0.2) is 14.5 Å². The van der Waals surface area contributed by atoms with Crippen molar-refractivity contribution >= 4 is 17.9 Å². The molecular formula is C18H21N5O9. The van der Waals surface area contributed by atoms with Gasteiger partial charge in [0.05, 0.1) is 0 Å². The minimum Gasteiger partial charge on any atom is -0.460 e. The van der Waals surface area contributed by atoms with E-state index in [-0.39, 0.29) is 5.82 Å². The SMILES string of the molecule is CO[C@]1(COC(C)=O)O[C@@H](n2ccc(-n3cncn3)nc2=O)[C@H](OC(C)=O)[C@@H]1OC(C)=O. The zero-order chi connectivity index (χ0) is 23.5. The van der Waals surface area contributed by atoms with Crippen molar-refractivity contribution in [3.63, 3.8) is 0 Å². The summed E-state index contributed by atoms with van der Waals surface area (Å²) in [5.41, 5.74) is -0.791. The molecule has 2 aromatic rings. The Balaban J connectivity index is 2.06. The van der Waals surface area contributed by atoms with Gasteiger partial charge in [-0.2, -0.15) is 10.1 Å². The lowest BCUT2D eigenvalue weighted by Crippen LogP contribution is -2.51. The van der Waals surface area contributed by atoms with Crippen molar-refractivity contribution < 1.29 is 38.1 Å². The Kier molecular flexibility index (Phi) is 6.64. The molecule has 0 spiro atoms. The second kappa shape index (κ2) is 9.23. The monoisotopic (exact) mass is 451 g/mol. The van der Waals surface area contributed by atoms with Crippen LogP contribution in [-0.2, 0) is 38.1 Å². The molecule has 0 radical (unpaired) electrons. The van der Waals surface area contributed by atoms with E-state index in [1.807, 2.05) is 0 Å². The maximum absolute atomic E-state index is 12.8. The zero-order valence-electron chi connectivity index (χ0n) is 17.7. The molecule has 32 heavy (non-hydrogen) atoms. The predicted octanol–water partition coefficient (Wildman–Crippen LogP) is -0.878. The smallest absolute Gasteiger partial charge is 0.351 e. The van der Waals surface area contributed by atoms with Crippen LogP contribution in [0.1, 0.15) is 27.0 Å². The van der Waals surface area contributed by atoms with E-state index in [2.05, 4.69) is 15.1 Å². The van der Waals surface area contributed by atoms with Crippen LogP contribution in [0.5, 0.6) is 0 Å². The normalized spacial score (nSPS) is 24.7. The summed E-state index contributed by atoms with van der Waals surface area (Å²) in [6, 6.07) is 1.45. The van der Waals surface area contributed by atoms with Gasteiger partial charge in [-0.1, -0.05) is 0 Å². The van der Waals surface area contributed by atoms with E-state index in [0.717, 1.165) is 25.3 Å². The maximum Gasteiger partial charge on any atom is 0.351 e. The van der Waals surface area contributed by atoms with Gasteiger partial charge in [0, 0.05) is 34.1 Å². The summed E-state index contributed by atoms with van der Waals surface area (Å²) in [5, 5.41) is 3.90. The van der Waals surface area contributed by atoms with Gasteiger partial charge in [0.2, 0.25) is 11.9 Å². The topological polar surface area (TPSA) is 163 Å². The number of nitrogens with zero attached hydrogens (tertiary/aromatic N) is 5. The lowest BCUT2D eigenvalue weighted by atomic mass is 10.1. The van der Waals surface area contributed by atoms with Gasteiger partial charge in [0.1, 0.15) is 19.3 Å². The average molecular weight is 451 g/mol. The molecule has 0 unspecified atom stereocenters. The predicted molar refractivity (Wildman–Crippen MR) is 101 cm³/mol. The summed E-state index contributed by atoms with van der Waals surface area (Å²) in [4.78, 5) is 55.5. The van der Waals surface area contributed by atoms with Gasteiger partial charge in [0.15, 0.2) is 18.1 Å². The molecule has 4 atom stereocenters. The molecule has 0 bridgehead atoms. The number of rotatable bonds is 7. The van der Waals surface area contributed by atoms with E-state index in [9.17, 15) is 19.2 Å².